The van der Waals surface area contributed by atoms with Gasteiger partial charge in [-0.05, 0) is 25.1 Å². The van der Waals surface area contributed by atoms with Crippen molar-refractivity contribution in [1.29, 1.82) is 0 Å². The summed E-state index contributed by atoms with van der Waals surface area (Å²) in [5.41, 5.74) is 1.59. The van der Waals surface area contributed by atoms with Crippen molar-refractivity contribution in [2.75, 3.05) is 25.6 Å². The van der Waals surface area contributed by atoms with Gasteiger partial charge in [-0.3, -0.25) is 4.79 Å². The highest BCUT2D eigenvalue weighted by Crippen LogP contribution is 2.27. The molecule has 1 N–H and O–H groups in total. The number of anilines is 1. The topological polar surface area (TPSA) is 86.2 Å². The number of carbonyl (C=O) groups excluding carboxylic acids is 1. The van der Waals surface area contributed by atoms with E-state index in [-0.39, 0.29) is 18.2 Å². The number of halogens is 2. The van der Waals surface area contributed by atoms with Gasteiger partial charge in [0.2, 0.25) is 5.88 Å². The van der Waals surface area contributed by atoms with Crippen LogP contribution in [0, 0.1) is 5.82 Å². The Morgan fingerprint density at radius 2 is 1.97 bits per heavy atom. The van der Waals surface area contributed by atoms with Crippen LogP contribution in [0.5, 0.6) is 5.88 Å². The molecule has 0 saturated heterocycles. The van der Waals surface area contributed by atoms with Crippen LogP contribution in [0.25, 0.3) is 22.6 Å². The van der Waals surface area contributed by atoms with E-state index in [4.69, 9.17) is 21.1 Å². The molecule has 0 aliphatic carbocycles. The highest BCUT2D eigenvalue weighted by molar-refractivity contribution is 6.30. The molecule has 0 atom stereocenters. The number of nitrogens with one attached hydrogen (secondary N) is 1. The highest BCUT2D eigenvalue weighted by Gasteiger charge is 2.12. The van der Waals surface area contributed by atoms with Crippen LogP contribution in [0.4, 0.5) is 10.2 Å². The van der Waals surface area contributed by atoms with Gasteiger partial charge in [-0.2, -0.15) is 0 Å². The summed E-state index contributed by atoms with van der Waals surface area (Å²) in [6.45, 7) is 1.94. The van der Waals surface area contributed by atoms with E-state index in [0.717, 1.165) is 0 Å². The Labute approximate surface area is 171 Å². The number of carbonyl (C=O) groups is 1. The molecule has 150 valence electrons. The number of pyridine rings is 1. The fraction of sp³-hybridized carbons (Fsp3) is 0.200. The second kappa shape index (κ2) is 9.29. The number of benzene rings is 1. The van der Waals surface area contributed by atoms with Crippen LogP contribution in [0.1, 0.15) is 6.92 Å². The molecule has 0 bridgehead atoms. The molecular formula is C20H18ClFN4O3. The molecule has 1 aromatic carbocycles. The minimum absolute atomic E-state index is 0.0167. The van der Waals surface area contributed by atoms with E-state index in [9.17, 15) is 9.18 Å². The molecule has 0 spiro atoms. The second-order valence-electron chi connectivity index (χ2n) is 5.84. The summed E-state index contributed by atoms with van der Waals surface area (Å²) < 4.78 is 23.9. The number of methoxy groups -OCH3 is 1. The summed E-state index contributed by atoms with van der Waals surface area (Å²) in [5, 5.41) is 2.92. The zero-order valence-electron chi connectivity index (χ0n) is 15.8. The molecule has 3 rings (SSSR count). The van der Waals surface area contributed by atoms with Crippen molar-refractivity contribution < 1.29 is 18.7 Å². The van der Waals surface area contributed by atoms with Crippen molar-refractivity contribution in [3.05, 3.63) is 53.4 Å². The zero-order valence-corrected chi connectivity index (χ0v) is 16.5. The van der Waals surface area contributed by atoms with E-state index in [1.54, 1.807) is 37.4 Å². The number of aromatic nitrogens is 3. The summed E-state index contributed by atoms with van der Waals surface area (Å²) >= 11 is 5.78. The molecule has 0 unspecified atom stereocenters. The molecule has 3 aromatic rings. The molecule has 2 aromatic heterocycles. The molecule has 2 heterocycles. The first-order valence-corrected chi connectivity index (χ1v) is 9.12. The van der Waals surface area contributed by atoms with Crippen LogP contribution in [-0.2, 0) is 9.53 Å². The van der Waals surface area contributed by atoms with Crippen molar-refractivity contribution in [1.82, 2.24) is 15.0 Å². The predicted molar refractivity (Wildman–Crippen MR) is 107 cm³/mol. The lowest BCUT2D eigenvalue weighted by atomic mass is 10.1. The zero-order chi connectivity index (χ0) is 20.8. The lowest BCUT2D eigenvalue weighted by Gasteiger charge is -2.11. The molecule has 29 heavy (non-hydrogen) atoms. The van der Waals surface area contributed by atoms with E-state index >= 15 is 0 Å². The van der Waals surface area contributed by atoms with E-state index in [1.807, 2.05) is 0 Å². The Balaban J connectivity index is 2.00. The number of hydrogen-bond donors (Lipinski definition) is 1. The molecule has 0 aliphatic rings. The van der Waals surface area contributed by atoms with Crippen LogP contribution >= 0.6 is 11.6 Å². The molecule has 0 saturated carbocycles. The third-order valence-electron chi connectivity index (χ3n) is 3.86. The highest BCUT2D eigenvalue weighted by atomic mass is 35.5. The average molecular weight is 417 g/mol. The molecule has 0 aliphatic heterocycles. The van der Waals surface area contributed by atoms with Gasteiger partial charge >= 0.3 is 5.97 Å². The van der Waals surface area contributed by atoms with E-state index in [2.05, 4.69) is 20.3 Å². The fourth-order valence-corrected chi connectivity index (χ4v) is 2.60. The standard InChI is InChI=1S/C20H18ClFN4O3/c1-3-29-19(27)11-23-17-9-16(12-4-6-14(21)15(22)8-12)25-20(26-17)13-5-7-18(28-2)24-10-13/h4-10H,3,11H2,1-2H3,(H,23,25,26). The van der Waals surface area contributed by atoms with Gasteiger partial charge in [0.25, 0.3) is 0 Å². The minimum Gasteiger partial charge on any atom is -0.481 e. The van der Waals surface area contributed by atoms with Crippen molar-refractivity contribution in [3.8, 4) is 28.5 Å². The monoisotopic (exact) mass is 416 g/mol. The normalized spacial score (nSPS) is 10.5. The Hall–Kier alpha value is -3.26. The van der Waals surface area contributed by atoms with E-state index in [1.165, 1.54) is 19.2 Å². The van der Waals surface area contributed by atoms with Crippen LogP contribution in [0.3, 0.4) is 0 Å². The predicted octanol–water partition coefficient (Wildman–Crippen LogP) is 3.98. The van der Waals surface area contributed by atoms with Crippen molar-refractivity contribution >= 4 is 23.4 Å². The van der Waals surface area contributed by atoms with Crippen LogP contribution in [0.15, 0.2) is 42.6 Å². The van der Waals surface area contributed by atoms with Gasteiger partial charge in [-0.25, -0.2) is 19.3 Å². The van der Waals surface area contributed by atoms with Crippen LogP contribution in [-0.4, -0.2) is 41.2 Å². The largest absolute Gasteiger partial charge is 0.481 e. The second-order valence-corrected chi connectivity index (χ2v) is 6.25. The number of ether oxygens (including phenoxy) is 2. The van der Waals surface area contributed by atoms with Crippen molar-refractivity contribution in [2.45, 2.75) is 6.92 Å². The van der Waals surface area contributed by atoms with Crippen molar-refractivity contribution in [2.24, 2.45) is 0 Å². The molecular weight excluding hydrogens is 399 g/mol. The third kappa shape index (κ3) is 5.17. The van der Waals surface area contributed by atoms with E-state index < -0.39 is 11.8 Å². The summed E-state index contributed by atoms with van der Waals surface area (Å²) in [6, 6.07) is 9.44. The number of rotatable bonds is 7. The maximum atomic E-state index is 13.9. The summed E-state index contributed by atoms with van der Waals surface area (Å²) in [6.07, 6.45) is 1.56. The summed E-state index contributed by atoms with van der Waals surface area (Å²) in [4.78, 5) is 24.8. The third-order valence-corrected chi connectivity index (χ3v) is 4.17. The fourth-order valence-electron chi connectivity index (χ4n) is 2.48. The lowest BCUT2D eigenvalue weighted by molar-refractivity contribution is -0.140. The van der Waals surface area contributed by atoms with Gasteiger partial charge in [0.1, 0.15) is 18.2 Å². The smallest absolute Gasteiger partial charge is 0.325 e. The summed E-state index contributed by atoms with van der Waals surface area (Å²) in [7, 11) is 1.52. The summed E-state index contributed by atoms with van der Waals surface area (Å²) in [5.74, 6) is 0.197. The Kier molecular flexibility index (Phi) is 6.56. The van der Waals surface area contributed by atoms with E-state index in [0.29, 0.717) is 34.3 Å². The molecule has 0 fully saturated rings. The van der Waals surface area contributed by atoms with Crippen LogP contribution in [0.2, 0.25) is 5.02 Å². The number of esters is 1. The van der Waals surface area contributed by atoms with Crippen molar-refractivity contribution in [3.63, 3.8) is 0 Å². The first-order chi connectivity index (χ1) is 14.0. The molecule has 9 heteroatoms. The van der Waals surface area contributed by atoms with Crippen LogP contribution < -0.4 is 10.1 Å². The SMILES string of the molecule is CCOC(=O)CNc1cc(-c2ccc(Cl)c(F)c2)nc(-c2ccc(OC)nc2)n1. The molecule has 0 radical (unpaired) electrons. The van der Waals surface area contributed by atoms with Gasteiger partial charge in [0, 0.05) is 29.5 Å². The lowest BCUT2D eigenvalue weighted by Crippen LogP contribution is -2.17. The molecule has 0 amide bonds. The maximum Gasteiger partial charge on any atom is 0.325 e. The van der Waals surface area contributed by atoms with Gasteiger partial charge < -0.3 is 14.8 Å². The van der Waals surface area contributed by atoms with Gasteiger partial charge in [-0.1, -0.05) is 17.7 Å². The first kappa shape index (κ1) is 20.5. The number of hydrogen-bond acceptors (Lipinski definition) is 7. The maximum absolute atomic E-state index is 13.9. The van der Waals surface area contributed by atoms with Gasteiger partial charge in [-0.15, -0.1) is 0 Å². The minimum atomic E-state index is -0.559. The Morgan fingerprint density at radius 3 is 2.62 bits per heavy atom. The quantitative estimate of drug-likeness (QED) is 0.583. The number of nitrogens with zero attached hydrogens (tertiary/aromatic N) is 3. The first-order valence-electron chi connectivity index (χ1n) is 8.74. The Bertz CT molecular complexity index is 1020. The van der Waals surface area contributed by atoms with Gasteiger partial charge in [0.15, 0.2) is 5.82 Å². The Morgan fingerprint density at radius 1 is 1.17 bits per heavy atom. The average Bonchev–Trinajstić information content (AvgIpc) is 2.74. The molecule has 7 nitrogen and oxygen atoms in total. The van der Waals surface area contributed by atoms with Gasteiger partial charge in [0.05, 0.1) is 24.4 Å².